The molecule has 1 heterocycles. The maximum atomic E-state index is 11.8. The lowest BCUT2D eigenvalue weighted by Crippen LogP contribution is -2.46. The first kappa shape index (κ1) is 15.4. The van der Waals surface area contributed by atoms with Gasteiger partial charge in [0.05, 0.1) is 19.1 Å². The molecule has 0 bridgehead atoms. The number of carboxylic acids is 1. The summed E-state index contributed by atoms with van der Waals surface area (Å²) >= 11 is 0. The predicted octanol–water partition coefficient (Wildman–Crippen LogP) is -0.346. The van der Waals surface area contributed by atoms with Crippen LogP contribution in [0.15, 0.2) is 0 Å². The summed E-state index contributed by atoms with van der Waals surface area (Å²) in [6.07, 6.45) is 0.970. The van der Waals surface area contributed by atoms with E-state index in [4.69, 9.17) is 9.84 Å². The van der Waals surface area contributed by atoms with Crippen LogP contribution in [0.25, 0.3) is 0 Å². The highest BCUT2D eigenvalue weighted by Gasteiger charge is 2.23. The van der Waals surface area contributed by atoms with Crippen LogP contribution in [0.2, 0.25) is 0 Å². The second-order valence-corrected chi connectivity index (χ2v) is 6.05. The van der Waals surface area contributed by atoms with Crippen LogP contribution in [0.5, 0.6) is 0 Å². The van der Waals surface area contributed by atoms with Crippen molar-refractivity contribution in [1.29, 1.82) is 0 Å². The Morgan fingerprint density at radius 2 is 2.06 bits per heavy atom. The zero-order valence-corrected chi connectivity index (χ0v) is 11.3. The van der Waals surface area contributed by atoms with E-state index in [1.165, 1.54) is 4.31 Å². The van der Waals surface area contributed by atoms with E-state index in [0.29, 0.717) is 39.1 Å². The number of nitrogens with one attached hydrogen (secondary N) is 1. The van der Waals surface area contributed by atoms with Gasteiger partial charge in [-0.15, -0.1) is 0 Å². The molecule has 0 aromatic heterocycles. The van der Waals surface area contributed by atoms with Crippen molar-refractivity contribution in [2.24, 2.45) is 5.92 Å². The average molecular weight is 280 g/mol. The molecule has 0 saturated carbocycles. The number of ether oxygens (including phenoxy) is 1. The molecule has 1 aliphatic rings. The number of carboxylic acid groups (broad SMARTS) is 1. The Bertz CT molecular complexity index is 364. The number of nitrogens with zero attached hydrogens (tertiary/aromatic N) is 1. The van der Waals surface area contributed by atoms with Gasteiger partial charge in [-0.1, -0.05) is 6.92 Å². The molecule has 1 saturated heterocycles. The van der Waals surface area contributed by atoms with Gasteiger partial charge in [0.1, 0.15) is 0 Å². The number of aliphatic carboxylic acids is 1. The van der Waals surface area contributed by atoms with Crippen molar-refractivity contribution < 1.29 is 23.1 Å². The van der Waals surface area contributed by atoms with E-state index in [2.05, 4.69) is 4.72 Å². The molecule has 1 fully saturated rings. The molecule has 2 N–H and O–H groups in total. The van der Waals surface area contributed by atoms with Crippen molar-refractivity contribution in [1.82, 2.24) is 9.03 Å². The summed E-state index contributed by atoms with van der Waals surface area (Å²) in [5, 5.41) is 8.68. The second kappa shape index (κ2) is 7.03. The fraction of sp³-hybridized carbons (Fsp3) is 0.900. The highest BCUT2D eigenvalue weighted by Crippen LogP contribution is 2.06. The van der Waals surface area contributed by atoms with Crippen molar-refractivity contribution in [2.45, 2.75) is 19.8 Å². The molecule has 106 valence electrons. The van der Waals surface area contributed by atoms with E-state index in [1.807, 2.05) is 0 Å². The van der Waals surface area contributed by atoms with Crippen LogP contribution >= 0.6 is 0 Å². The first-order valence-electron chi connectivity index (χ1n) is 5.99. The summed E-state index contributed by atoms with van der Waals surface area (Å²) in [6, 6.07) is 0. The standard InChI is InChI=1S/C10H20N2O5S/c1-9(10(13)14)3-2-4-11-18(15,16)12-5-7-17-8-6-12/h9,11H,2-8H2,1H3,(H,13,14). The van der Waals surface area contributed by atoms with E-state index in [-0.39, 0.29) is 6.54 Å². The number of morpholine rings is 1. The molecule has 0 aliphatic carbocycles. The molecular formula is C10H20N2O5S. The van der Waals surface area contributed by atoms with Crippen LogP contribution in [0.3, 0.4) is 0 Å². The minimum atomic E-state index is -3.45. The Labute approximate surface area is 107 Å². The monoisotopic (exact) mass is 280 g/mol. The normalized spacial score (nSPS) is 19.6. The third-order valence-corrected chi connectivity index (χ3v) is 4.44. The van der Waals surface area contributed by atoms with E-state index in [1.54, 1.807) is 6.92 Å². The van der Waals surface area contributed by atoms with E-state index in [9.17, 15) is 13.2 Å². The van der Waals surface area contributed by atoms with Gasteiger partial charge in [0.25, 0.3) is 10.2 Å². The summed E-state index contributed by atoms with van der Waals surface area (Å²) in [4.78, 5) is 10.6. The van der Waals surface area contributed by atoms with Gasteiger partial charge in [-0.05, 0) is 12.8 Å². The van der Waals surface area contributed by atoms with Crippen LogP contribution < -0.4 is 4.72 Å². The molecule has 0 aromatic carbocycles. The van der Waals surface area contributed by atoms with Gasteiger partial charge in [-0.3, -0.25) is 4.79 Å². The summed E-state index contributed by atoms with van der Waals surface area (Å²) in [6.45, 7) is 3.42. The average Bonchev–Trinajstić information content (AvgIpc) is 2.35. The second-order valence-electron chi connectivity index (χ2n) is 4.29. The molecule has 1 atom stereocenters. The lowest BCUT2D eigenvalue weighted by Gasteiger charge is -2.26. The fourth-order valence-corrected chi connectivity index (χ4v) is 2.83. The minimum absolute atomic E-state index is 0.261. The first-order chi connectivity index (χ1) is 8.43. The Balaban J connectivity index is 2.27. The minimum Gasteiger partial charge on any atom is -0.481 e. The topological polar surface area (TPSA) is 95.9 Å². The fourth-order valence-electron chi connectivity index (χ4n) is 1.61. The van der Waals surface area contributed by atoms with Crippen molar-refractivity contribution in [3.63, 3.8) is 0 Å². The lowest BCUT2D eigenvalue weighted by molar-refractivity contribution is -0.141. The SMILES string of the molecule is CC(CCCNS(=O)(=O)N1CCOCC1)C(=O)O. The van der Waals surface area contributed by atoms with Crippen molar-refractivity contribution in [2.75, 3.05) is 32.8 Å². The molecule has 0 radical (unpaired) electrons. The first-order valence-corrected chi connectivity index (χ1v) is 7.43. The van der Waals surface area contributed by atoms with E-state index >= 15 is 0 Å². The van der Waals surface area contributed by atoms with Crippen LogP contribution in [0.4, 0.5) is 0 Å². The number of carbonyl (C=O) groups is 1. The van der Waals surface area contributed by atoms with E-state index in [0.717, 1.165) is 0 Å². The van der Waals surface area contributed by atoms with Crippen LogP contribution in [0, 0.1) is 5.92 Å². The van der Waals surface area contributed by atoms with Crippen LogP contribution in [0.1, 0.15) is 19.8 Å². The van der Waals surface area contributed by atoms with Crippen molar-refractivity contribution in [3.8, 4) is 0 Å². The largest absolute Gasteiger partial charge is 0.481 e. The smallest absolute Gasteiger partial charge is 0.306 e. The van der Waals surface area contributed by atoms with Crippen LogP contribution in [-0.4, -0.2) is 56.6 Å². The molecule has 0 amide bonds. The molecular weight excluding hydrogens is 260 g/mol. The Morgan fingerprint density at radius 3 is 2.61 bits per heavy atom. The summed E-state index contributed by atoms with van der Waals surface area (Å²) in [5.41, 5.74) is 0. The Kier molecular flexibility index (Phi) is 6.00. The Hall–Kier alpha value is -0.700. The van der Waals surface area contributed by atoms with E-state index < -0.39 is 22.1 Å². The molecule has 0 aromatic rings. The van der Waals surface area contributed by atoms with Gasteiger partial charge in [0, 0.05) is 19.6 Å². The summed E-state index contributed by atoms with van der Waals surface area (Å²) in [7, 11) is -3.45. The molecule has 18 heavy (non-hydrogen) atoms. The highest BCUT2D eigenvalue weighted by atomic mass is 32.2. The third-order valence-electron chi connectivity index (χ3n) is 2.83. The maximum absolute atomic E-state index is 11.8. The van der Waals surface area contributed by atoms with Gasteiger partial charge in [0.2, 0.25) is 0 Å². The van der Waals surface area contributed by atoms with Gasteiger partial charge in [-0.25, -0.2) is 4.72 Å². The van der Waals surface area contributed by atoms with Gasteiger partial charge in [0.15, 0.2) is 0 Å². The zero-order chi connectivity index (χ0) is 13.6. The lowest BCUT2D eigenvalue weighted by atomic mass is 10.1. The molecule has 7 nitrogen and oxygen atoms in total. The Morgan fingerprint density at radius 1 is 1.44 bits per heavy atom. The van der Waals surface area contributed by atoms with Gasteiger partial charge >= 0.3 is 5.97 Å². The number of hydrogen-bond acceptors (Lipinski definition) is 4. The molecule has 1 unspecified atom stereocenters. The van der Waals surface area contributed by atoms with Crippen molar-refractivity contribution in [3.05, 3.63) is 0 Å². The molecule has 0 spiro atoms. The predicted molar refractivity (Wildman–Crippen MR) is 65.3 cm³/mol. The zero-order valence-electron chi connectivity index (χ0n) is 10.5. The summed E-state index contributed by atoms with van der Waals surface area (Å²) < 4.78 is 32.5. The third kappa shape index (κ3) is 4.89. The molecule has 8 heteroatoms. The quantitative estimate of drug-likeness (QED) is 0.622. The summed E-state index contributed by atoms with van der Waals surface area (Å²) in [5.74, 6) is -1.30. The molecule has 1 rings (SSSR count). The van der Waals surface area contributed by atoms with Crippen LogP contribution in [-0.2, 0) is 19.7 Å². The maximum Gasteiger partial charge on any atom is 0.306 e. The number of hydrogen-bond donors (Lipinski definition) is 2. The van der Waals surface area contributed by atoms with Gasteiger partial charge in [-0.2, -0.15) is 12.7 Å². The highest BCUT2D eigenvalue weighted by molar-refractivity contribution is 7.87. The van der Waals surface area contributed by atoms with Crippen molar-refractivity contribution >= 4 is 16.2 Å². The molecule has 1 aliphatic heterocycles. The number of rotatable bonds is 7. The van der Waals surface area contributed by atoms with Gasteiger partial charge < -0.3 is 9.84 Å².